The van der Waals surface area contributed by atoms with E-state index in [9.17, 15) is 24.0 Å². The Bertz CT molecular complexity index is 3550. The second-order valence-electron chi connectivity index (χ2n) is 31.7. The molecule has 5 aromatic carbocycles. The van der Waals surface area contributed by atoms with Crippen LogP contribution in [0.2, 0.25) is 0 Å². The van der Waals surface area contributed by atoms with Gasteiger partial charge < -0.3 is 47.4 Å². The molecule has 628 valence electrons. The maximum atomic E-state index is 12.3. The van der Waals surface area contributed by atoms with Crippen molar-refractivity contribution in [2.75, 3.05) is 26.9 Å². The monoisotopic (exact) mass is 1570 g/mol. The summed E-state index contributed by atoms with van der Waals surface area (Å²) >= 11 is 0. The van der Waals surface area contributed by atoms with E-state index in [4.69, 9.17) is 47.4 Å². The van der Waals surface area contributed by atoms with Crippen molar-refractivity contribution in [2.45, 2.75) is 300 Å². The molecule has 15 heteroatoms. The molecule has 0 aliphatic heterocycles. The van der Waals surface area contributed by atoms with Gasteiger partial charge in [0, 0.05) is 7.35 Å². The normalized spacial score (nSPS) is 20.8. The third-order valence-corrected chi connectivity index (χ3v) is 22.9. The van der Waals surface area contributed by atoms with Gasteiger partial charge in [0.2, 0.25) is 0 Å². The van der Waals surface area contributed by atoms with E-state index in [0.717, 1.165) is 175 Å². The van der Waals surface area contributed by atoms with E-state index in [1.54, 1.807) is 74.7 Å². The molecule has 10 rings (SSSR count). The molecule has 0 radical (unpaired) electrons. The molecule has 5 aromatic rings. The van der Waals surface area contributed by atoms with Crippen molar-refractivity contribution in [3.05, 3.63) is 121 Å². The highest BCUT2D eigenvalue weighted by atomic mass is 16.6. The Morgan fingerprint density at radius 3 is 0.807 bits per heavy atom. The Kier molecular flexibility index (Phi) is 47.0. The predicted molar refractivity (Wildman–Crippen MR) is 459 cm³/mol. The Hall–Kier alpha value is -8.43. The Balaban J connectivity index is 0.000000256. The number of hydrogen-bond acceptors (Lipinski definition) is 15. The standard InChI is InChI=1S/C22H26O3.2C20H30O3.C19H28O3.C18H26O3.H2/c1-3-5-7-17-24-20-13-15-21(16-14-20)25-22(23)19-11-9-18(10-12-19)8-6-4-2;1-3-5-6-7-16-8-10-17(11-9-16)20(21)23-19-14-12-18(13-15-19)22-4-2;1-3-5-15-22-18-11-13-19(14-12-18)23-20(21)17-9-7-16(6-4-2)8-10-17;1-3-4-5-6-15-7-9-16(10-8-15)19(20)22-18-13-11-17(21-2)12-14-18;1-3-5-14-6-8-15(9-7-14)18(19)21-17-12-10-16(11-13-17)20-4-2;/h13-16,18-19H,4,6,8-12H2,1-2H3;12-17H,3-11H2,1-2H3;11-14,16-17H,3-10,15H2,1-2H3;11-16H,3-10H2,1-2H3;10-15H,3-9H2,1-2H3;1H. The summed E-state index contributed by atoms with van der Waals surface area (Å²) in [6.07, 6.45) is 45.5. The van der Waals surface area contributed by atoms with Crippen LogP contribution in [0.3, 0.4) is 0 Å². The fourth-order valence-electron chi connectivity index (χ4n) is 16.0. The number of carbonyl (C=O) groups excluding carboxylic acids is 5. The lowest BCUT2D eigenvalue weighted by molar-refractivity contribution is -0.141. The summed E-state index contributed by atoms with van der Waals surface area (Å²) in [5, 5.41) is 0. The molecule has 0 unspecified atom stereocenters. The van der Waals surface area contributed by atoms with Crippen LogP contribution in [-0.4, -0.2) is 56.8 Å². The van der Waals surface area contributed by atoms with Crippen LogP contribution in [0.15, 0.2) is 121 Å². The molecule has 0 amide bonds. The average Bonchev–Trinajstić information content (AvgIpc) is 0.883. The summed E-state index contributed by atoms with van der Waals surface area (Å²) in [7, 11) is 1.62. The molecular weight excluding hydrogens is 1430 g/mol. The fraction of sp³-hybridized carbons (Fsp3) is 0.606. The topological polar surface area (TPSA) is 178 Å². The van der Waals surface area contributed by atoms with Gasteiger partial charge in [0.25, 0.3) is 0 Å². The zero-order valence-corrected chi connectivity index (χ0v) is 71.2. The van der Waals surface area contributed by atoms with Crippen molar-refractivity contribution in [1.82, 2.24) is 0 Å². The minimum atomic E-state index is -0.111. The van der Waals surface area contributed by atoms with Crippen LogP contribution in [0.5, 0.6) is 57.5 Å². The smallest absolute Gasteiger partial charge is 0.314 e. The van der Waals surface area contributed by atoms with Gasteiger partial charge >= 0.3 is 29.8 Å². The van der Waals surface area contributed by atoms with Gasteiger partial charge in [-0.1, -0.05) is 150 Å². The van der Waals surface area contributed by atoms with E-state index in [0.29, 0.717) is 47.7 Å². The third-order valence-electron chi connectivity index (χ3n) is 22.9. The summed E-state index contributed by atoms with van der Waals surface area (Å²) < 4.78 is 54.3. The van der Waals surface area contributed by atoms with Crippen LogP contribution in [0.4, 0.5) is 0 Å². The number of ether oxygens (including phenoxy) is 10. The van der Waals surface area contributed by atoms with Crippen molar-refractivity contribution in [3.63, 3.8) is 0 Å². The first kappa shape index (κ1) is 94.4. The molecule has 5 saturated carbocycles. The minimum Gasteiger partial charge on any atom is -0.497 e. The van der Waals surface area contributed by atoms with Crippen LogP contribution < -0.4 is 47.4 Å². The molecule has 0 atom stereocenters. The molecule has 5 aliphatic rings. The number of benzene rings is 5. The summed E-state index contributed by atoms with van der Waals surface area (Å²) in [4.78, 5) is 61.3. The van der Waals surface area contributed by atoms with E-state index in [1.807, 2.05) is 74.5 Å². The summed E-state index contributed by atoms with van der Waals surface area (Å²) in [6.45, 7) is 20.9. The van der Waals surface area contributed by atoms with Crippen molar-refractivity contribution in [1.29, 1.82) is 0 Å². The van der Waals surface area contributed by atoms with Crippen LogP contribution in [0.1, 0.15) is 301 Å². The van der Waals surface area contributed by atoms with Gasteiger partial charge in [-0.15, -0.1) is 0 Å². The van der Waals surface area contributed by atoms with Gasteiger partial charge in [0.15, 0.2) is 0 Å². The lowest BCUT2D eigenvalue weighted by Gasteiger charge is -2.27. The van der Waals surface area contributed by atoms with Gasteiger partial charge in [-0.25, -0.2) is 0 Å². The van der Waals surface area contributed by atoms with Crippen molar-refractivity contribution < 1.29 is 72.8 Å². The highest BCUT2D eigenvalue weighted by molar-refractivity contribution is 5.77. The molecule has 0 bridgehead atoms. The first-order chi connectivity index (χ1) is 55.6. The van der Waals surface area contributed by atoms with E-state index in [2.05, 4.69) is 65.4 Å². The third kappa shape index (κ3) is 37.5. The second kappa shape index (κ2) is 56.8. The number of methoxy groups -OCH3 is 1. The van der Waals surface area contributed by atoms with Gasteiger partial charge in [-0.2, -0.15) is 0 Å². The van der Waals surface area contributed by atoms with Gasteiger partial charge in [-0.3, -0.25) is 24.0 Å². The van der Waals surface area contributed by atoms with Gasteiger partial charge in [-0.05, 0) is 312 Å². The minimum absolute atomic E-state index is 0. The number of unbranched alkanes of at least 4 members (excludes halogenated alkanes) is 6. The zero-order chi connectivity index (χ0) is 81.8. The van der Waals surface area contributed by atoms with Crippen LogP contribution in [0.25, 0.3) is 0 Å². The van der Waals surface area contributed by atoms with E-state index in [1.165, 1.54) is 122 Å². The lowest BCUT2D eigenvalue weighted by Crippen LogP contribution is -2.25. The SMILES string of the molecule is CC#CC#COc1ccc(OC(=O)C2CCC(CCCC)CC2)cc1.CCCC1CCC(C(=O)Oc2ccc(OCC)cc2)CC1.CCCCCC1CCC(C(=O)Oc2ccc(OC)cc2)CC1.CCCCCC1CCC(C(=O)Oc2ccc(OCC)cc2)CC1.CCCCOc1ccc(OC(=O)C2CCC(CCC)CC2)cc1.[HH]. The largest absolute Gasteiger partial charge is 0.497 e. The highest BCUT2D eigenvalue weighted by Crippen LogP contribution is 2.39. The van der Waals surface area contributed by atoms with E-state index >= 15 is 0 Å². The van der Waals surface area contributed by atoms with Crippen LogP contribution in [-0.2, 0) is 24.0 Å². The lowest BCUT2D eigenvalue weighted by atomic mass is 9.80. The molecule has 0 saturated heterocycles. The molecule has 15 nitrogen and oxygen atoms in total. The molecule has 5 fully saturated rings. The maximum Gasteiger partial charge on any atom is 0.314 e. The molecule has 0 heterocycles. The molecule has 114 heavy (non-hydrogen) atoms. The van der Waals surface area contributed by atoms with Crippen molar-refractivity contribution in [2.24, 2.45) is 59.2 Å². The molecule has 0 N–H and O–H groups in total. The maximum absolute atomic E-state index is 12.3. The van der Waals surface area contributed by atoms with Crippen LogP contribution >= 0.6 is 0 Å². The average molecular weight is 1570 g/mol. The van der Waals surface area contributed by atoms with Crippen molar-refractivity contribution >= 4 is 29.8 Å². The molecule has 0 aromatic heterocycles. The zero-order valence-electron chi connectivity index (χ0n) is 71.2. The highest BCUT2D eigenvalue weighted by Gasteiger charge is 2.32. The Morgan fingerprint density at radius 1 is 0.289 bits per heavy atom. The predicted octanol–water partition coefficient (Wildman–Crippen LogP) is 25.5. The summed E-state index contributed by atoms with van der Waals surface area (Å²) in [6, 6.07) is 36.1. The number of hydrogen-bond donors (Lipinski definition) is 0. The first-order valence-corrected chi connectivity index (χ1v) is 44.2. The Labute approximate surface area is 687 Å². The molecule has 0 spiro atoms. The van der Waals surface area contributed by atoms with Crippen LogP contribution in [0, 0.1) is 83.0 Å². The van der Waals surface area contributed by atoms with Gasteiger partial charge in [0.1, 0.15) is 63.6 Å². The van der Waals surface area contributed by atoms with Crippen molar-refractivity contribution in [3.8, 4) is 81.4 Å². The fourth-order valence-corrected chi connectivity index (χ4v) is 16.0. The summed E-state index contributed by atoms with van der Waals surface area (Å²) in [5.74, 6) is 18.6. The first-order valence-electron chi connectivity index (χ1n) is 44.2. The van der Waals surface area contributed by atoms with E-state index in [-0.39, 0.29) is 60.9 Å². The quantitative estimate of drug-likeness (QED) is 0.0162. The number of rotatable bonds is 35. The molecular formula is C99H142O15. The number of esters is 5. The van der Waals surface area contributed by atoms with E-state index < -0.39 is 0 Å². The summed E-state index contributed by atoms with van der Waals surface area (Å²) in [5.41, 5.74) is 0. The molecule has 5 aliphatic carbocycles. The Morgan fingerprint density at radius 2 is 0.544 bits per heavy atom. The van der Waals surface area contributed by atoms with Gasteiger partial charge in [0.05, 0.1) is 56.5 Å². The number of carbonyl (C=O) groups is 5. The second-order valence-corrected chi connectivity index (χ2v) is 31.7.